The van der Waals surface area contributed by atoms with Gasteiger partial charge < -0.3 is 5.73 Å². The maximum Gasteiger partial charge on any atom is 0.242 e. The number of hydrogen-bond acceptors (Lipinski definition) is 4. The van der Waals surface area contributed by atoms with E-state index in [9.17, 15) is 12.8 Å². The number of nitrogen functional groups attached to an aromatic ring is 1. The molecule has 0 aliphatic carbocycles. The van der Waals surface area contributed by atoms with Gasteiger partial charge in [-0.05, 0) is 30.7 Å². The Morgan fingerprint density at radius 3 is 2.89 bits per heavy atom. The van der Waals surface area contributed by atoms with Crippen LogP contribution in [0.15, 0.2) is 17.0 Å². The zero-order valence-electron chi connectivity index (χ0n) is 10.0. The van der Waals surface area contributed by atoms with Gasteiger partial charge >= 0.3 is 0 Å². The van der Waals surface area contributed by atoms with Crippen molar-refractivity contribution in [2.75, 3.05) is 18.0 Å². The van der Waals surface area contributed by atoms with Crippen molar-refractivity contribution in [3.63, 3.8) is 0 Å². The third-order valence-electron chi connectivity index (χ3n) is 2.87. The molecule has 19 heavy (non-hydrogen) atoms. The van der Waals surface area contributed by atoms with Crippen molar-refractivity contribution in [2.45, 2.75) is 23.0 Å². The molecule has 1 heterocycles. The minimum atomic E-state index is -3.76. The normalized spacial score (nSPS) is 19.8. The van der Waals surface area contributed by atoms with Crippen LogP contribution in [0, 0.1) is 5.82 Å². The van der Waals surface area contributed by atoms with Crippen LogP contribution in [0.5, 0.6) is 0 Å². The quantitative estimate of drug-likeness (QED) is 0.833. The van der Waals surface area contributed by atoms with Crippen molar-refractivity contribution in [1.29, 1.82) is 0 Å². The summed E-state index contributed by atoms with van der Waals surface area (Å²) in [4.78, 5) is -0.184. The number of benzene rings is 1. The van der Waals surface area contributed by atoms with E-state index in [0.717, 1.165) is 30.7 Å². The number of nitrogens with one attached hydrogen (secondary N) is 1. The monoisotopic (exact) mass is 324 g/mol. The predicted octanol–water partition coefficient (Wildman–Crippen LogP) is 2.24. The smallest absolute Gasteiger partial charge is 0.242 e. The second-order valence-corrected chi connectivity index (χ2v) is 7.84. The molecule has 0 amide bonds. The highest BCUT2D eigenvalue weighted by Gasteiger charge is 2.23. The SMILES string of the molecule is Nc1cc(S(=O)(=O)NCC2CCCS2)c(Cl)cc1F. The van der Waals surface area contributed by atoms with E-state index < -0.39 is 15.8 Å². The molecule has 1 aliphatic rings. The van der Waals surface area contributed by atoms with Gasteiger partial charge in [0, 0.05) is 11.8 Å². The Kier molecular flexibility index (Phi) is 4.60. The molecule has 1 aromatic carbocycles. The minimum Gasteiger partial charge on any atom is -0.396 e. The van der Waals surface area contributed by atoms with Crippen LogP contribution < -0.4 is 10.5 Å². The highest BCUT2D eigenvalue weighted by Crippen LogP contribution is 2.28. The molecule has 0 aromatic heterocycles. The second-order valence-electron chi connectivity index (χ2n) is 4.29. The Labute approximate surface area is 120 Å². The zero-order valence-corrected chi connectivity index (χ0v) is 12.4. The van der Waals surface area contributed by atoms with Gasteiger partial charge in [-0.15, -0.1) is 0 Å². The van der Waals surface area contributed by atoms with E-state index in [1.165, 1.54) is 0 Å². The number of anilines is 1. The van der Waals surface area contributed by atoms with Crippen LogP contribution in [-0.2, 0) is 10.0 Å². The summed E-state index contributed by atoms with van der Waals surface area (Å²) in [5.41, 5.74) is 5.14. The molecular formula is C11H14ClFN2O2S2. The van der Waals surface area contributed by atoms with Crippen molar-refractivity contribution in [1.82, 2.24) is 4.72 Å². The van der Waals surface area contributed by atoms with Crippen molar-refractivity contribution >= 4 is 39.1 Å². The van der Waals surface area contributed by atoms with Crippen LogP contribution in [0.3, 0.4) is 0 Å². The highest BCUT2D eigenvalue weighted by atomic mass is 35.5. The molecule has 4 nitrogen and oxygen atoms in total. The average Bonchev–Trinajstić information content (AvgIpc) is 2.84. The highest BCUT2D eigenvalue weighted by molar-refractivity contribution is 8.00. The lowest BCUT2D eigenvalue weighted by molar-refractivity contribution is 0.578. The second kappa shape index (κ2) is 5.87. The van der Waals surface area contributed by atoms with Crippen LogP contribution in [0.2, 0.25) is 5.02 Å². The summed E-state index contributed by atoms with van der Waals surface area (Å²) in [6.07, 6.45) is 2.09. The number of nitrogens with two attached hydrogens (primary N) is 1. The fourth-order valence-corrected chi connectivity index (χ4v) is 4.77. The van der Waals surface area contributed by atoms with Crippen LogP contribution in [0.4, 0.5) is 10.1 Å². The Balaban J connectivity index is 2.16. The zero-order chi connectivity index (χ0) is 14.0. The van der Waals surface area contributed by atoms with E-state index in [1.807, 2.05) is 0 Å². The van der Waals surface area contributed by atoms with Gasteiger partial charge in [-0.25, -0.2) is 17.5 Å². The van der Waals surface area contributed by atoms with E-state index in [2.05, 4.69) is 4.72 Å². The standard InChI is InChI=1S/C11H14ClFN2O2S2/c12-8-4-9(13)10(14)5-11(8)19(16,17)15-6-7-2-1-3-18-7/h4-5,7,15H,1-3,6,14H2. The van der Waals surface area contributed by atoms with E-state index in [4.69, 9.17) is 17.3 Å². The molecule has 1 unspecified atom stereocenters. The van der Waals surface area contributed by atoms with E-state index in [1.54, 1.807) is 11.8 Å². The maximum atomic E-state index is 13.2. The lowest BCUT2D eigenvalue weighted by Gasteiger charge is -2.12. The summed E-state index contributed by atoms with van der Waals surface area (Å²) in [7, 11) is -3.76. The molecule has 1 aromatic rings. The van der Waals surface area contributed by atoms with Crippen LogP contribution in [0.25, 0.3) is 0 Å². The van der Waals surface area contributed by atoms with Crippen molar-refractivity contribution < 1.29 is 12.8 Å². The number of sulfonamides is 1. The molecule has 3 N–H and O–H groups in total. The molecule has 1 aliphatic heterocycles. The first-order chi connectivity index (χ1) is 8.90. The summed E-state index contributed by atoms with van der Waals surface area (Å²) in [5.74, 6) is 0.326. The van der Waals surface area contributed by atoms with Gasteiger partial charge in [-0.1, -0.05) is 11.6 Å². The van der Waals surface area contributed by atoms with Gasteiger partial charge in [0.2, 0.25) is 10.0 Å². The van der Waals surface area contributed by atoms with E-state index >= 15 is 0 Å². The van der Waals surface area contributed by atoms with Gasteiger partial charge in [0.05, 0.1) is 10.7 Å². The Morgan fingerprint density at radius 2 is 2.26 bits per heavy atom. The van der Waals surface area contributed by atoms with E-state index in [0.29, 0.717) is 6.54 Å². The maximum absolute atomic E-state index is 13.2. The van der Waals surface area contributed by atoms with Gasteiger partial charge in [0.15, 0.2) is 0 Å². The molecule has 0 radical (unpaired) electrons. The van der Waals surface area contributed by atoms with Gasteiger partial charge in [0.25, 0.3) is 0 Å². The summed E-state index contributed by atoms with van der Waals surface area (Å²) in [5, 5.41) is 0.115. The number of halogens is 2. The summed E-state index contributed by atoms with van der Waals surface area (Å²) < 4.78 is 39.8. The van der Waals surface area contributed by atoms with Crippen molar-refractivity contribution in [2.24, 2.45) is 0 Å². The lowest BCUT2D eigenvalue weighted by atomic mass is 10.2. The first-order valence-corrected chi connectivity index (χ1v) is 8.67. The third-order valence-corrected chi connectivity index (χ3v) is 6.15. The topological polar surface area (TPSA) is 72.2 Å². The summed E-state index contributed by atoms with van der Waals surface area (Å²) in [6, 6.07) is 1.96. The van der Waals surface area contributed by atoms with Crippen molar-refractivity contribution in [3.05, 3.63) is 23.0 Å². The molecule has 0 saturated carbocycles. The molecule has 106 valence electrons. The first kappa shape index (κ1) is 14.9. The molecule has 0 bridgehead atoms. The largest absolute Gasteiger partial charge is 0.396 e. The Morgan fingerprint density at radius 1 is 1.53 bits per heavy atom. The molecule has 1 fully saturated rings. The summed E-state index contributed by atoms with van der Waals surface area (Å²) in [6.45, 7) is 0.348. The summed E-state index contributed by atoms with van der Waals surface area (Å²) >= 11 is 7.50. The van der Waals surface area contributed by atoms with Crippen molar-refractivity contribution in [3.8, 4) is 0 Å². The van der Waals surface area contributed by atoms with E-state index in [-0.39, 0.29) is 20.9 Å². The molecule has 8 heteroatoms. The molecule has 1 saturated heterocycles. The molecule has 2 rings (SSSR count). The Hall–Kier alpha value is -0.500. The van der Waals surface area contributed by atoms with Crippen LogP contribution >= 0.6 is 23.4 Å². The van der Waals surface area contributed by atoms with Crippen LogP contribution in [0.1, 0.15) is 12.8 Å². The molecular weight excluding hydrogens is 311 g/mol. The third kappa shape index (κ3) is 3.53. The molecule has 0 spiro atoms. The van der Waals surface area contributed by atoms with Gasteiger partial charge in [-0.2, -0.15) is 11.8 Å². The lowest BCUT2D eigenvalue weighted by Crippen LogP contribution is -2.30. The molecule has 1 atom stereocenters. The van der Waals surface area contributed by atoms with Gasteiger partial charge in [0.1, 0.15) is 10.7 Å². The fourth-order valence-electron chi connectivity index (χ4n) is 1.84. The average molecular weight is 325 g/mol. The minimum absolute atomic E-state index is 0.168. The van der Waals surface area contributed by atoms with Gasteiger partial charge in [-0.3, -0.25) is 0 Å². The fraction of sp³-hybridized carbons (Fsp3) is 0.455. The number of thioether (sulfide) groups is 1. The number of hydrogen-bond donors (Lipinski definition) is 2. The van der Waals surface area contributed by atoms with Crippen LogP contribution in [-0.4, -0.2) is 26.0 Å². The first-order valence-electron chi connectivity index (χ1n) is 5.76. The predicted molar refractivity (Wildman–Crippen MR) is 76.5 cm³/mol. The Bertz CT molecular complexity index is 574. The number of rotatable bonds is 4.